The van der Waals surface area contributed by atoms with Crippen LogP contribution in [-0.2, 0) is 9.53 Å². The zero-order chi connectivity index (χ0) is 16.9. The van der Waals surface area contributed by atoms with E-state index in [4.69, 9.17) is 4.74 Å². The van der Waals surface area contributed by atoms with Crippen LogP contribution in [-0.4, -0.2) is 25.2 Å². The summed E-state index contributed by atoms with van der Waals surface area (Å²) in [6.07, 6.45) is 10.6. The number of fused-ring (bicyclic) bond motifs is 3. The molecule has 2 heterocycles. The van der Waals surface area contributed by atoms with Crippen molar-refractivity contribution in [3.05, 3.63) is 36.0 Å². The lowest BCUT2D eigenvalue weighted by molar-refractivity contribution is -0.136. The number of esters is 1. The van der Waals surface area contributed by atoms with E-state index in [0.717, 1.165) is 31.4 Å². The molecule has 128 valence electrons. The molecule has 4 rings (SSSR count). The van der Waals surface area contributed by atoms with Crippen LogP contribution in [0.15, 0.2) is 46.2 Å². The van der Waals surface area contributed by atoms with Gasteiger partial charge in [0.1, 0.15) is 6.61 Å². The summed E-state index contributed by atoms with van der Waals surface area (Å²) in [6, 6.07) is 0.232. The Kier molecular flexibility index (Phi) is 3.55. The Bertz CT molecular complexity index is 677. The first kappa shape index (κ1) is 15.8. The van der Waals surface area contributed by atoms with E-state index in [1.807, 2.05) is 6.08 Å². The Morgan fingerprint density at radius 2 is 2.25 bits per heavy atom. The zero-order valence-electron chi connectivity index (χ0n) is 14.6. The standard InChI is InChI=1S/C20H26N2O2/c1-13-4-7-16-19(2,10-8-17-20(16,3)12-21-22-17)15(13)6-5-14-9-11-24-18(14)23/h8-10,15-17H,1,4-7,11-12H2,2-3H3/t15?,16?,17?,19-,20-/m0/s1. The minimum absolute atomic E-state index is 0.0824. The maximum Gasteiger partial charge on any atom is 0.334 e. The first-order chi connectivity index (χ1) is 11.4. The molecule has 0 aromatic carbocycles. The topological polar surface area (TPSA) is 51.0 Å². The van der Waals surface area contributed by atoms with Gasteiger partial charge in [0.15, 0.2) is 0 Å². The Morgan fingerprint density at radius 3 is 3.00 bits per heavy atom. The fourth-order valence-electron chi connectivity index (χ4n) is 5.56. The van der Waals surface area contributed by atoms with Crippen molar-refractivity contribution >= 4 is 5.97 Å². The number of carbonyl (C=O) groups is 1. The van der Waals surface area contributed by atoms with Gasteiger partial charge in [-0.1, -0.05) is 38.2 Å². The highest BCUT2D eigenvalue weighted by molar-refractivity contribution is 5.90. The van der Waals surface area contributed by atoms with E-state index >= 15 is 0 Å². The number of allylic oxidation sites excluding steroid dienone is 2. The maximum absolute atomic E-state index is 11.7. The van der Waals surface area contributed by atoms with Gasteiger partial charge in [0.05, 0.1) is 12.6 Å². The number of nitrogens with zero attached hydrogens (tertiary/aromatic N) is 2. The van der Waals surface area contributed by atoms with Crippen LogP contribution in [0.5, 0.6) is 0 Å². The highest BCUT2D eigenvalue weighted by Gasteiger charge is 2.57. The Balaban J connectivity index is 1.60. The van der Waals surface area contributed by atoms with Gasteiger partial charge in [-0.3, -0.25) is 0 Å². The molecule has 1 saturated carbocycles. The lowest BCUT2D eigenvalue weighted by atomic mass is 9.48. The summed E-state index contributed by atoms with van der Waals surface area (Å²) in [5.74, 6) is 0.827. The molecule has 4 heteroatoms. The van der Waals surface area contributed by atoms with Crippen molar-refractivity contribution < 1.29 is 9.53 Å². The van der Waals surface area contributed by atoms with Crippen LogP contribution in [0.1, 0.15) is 39.5 Å². The molecular weight excluding hydrogens is 300 g/mol. The van der Waals surface area contributed by atoms with Crippen LogP contribution < -0.4 is 0 Å². The summed E-state index contributed by atoms with van der Waals surface area (Å²) in [6.45, 7) is 10.4. The van der Waals surface area contributed by atoms with Crippen LogP contribution in [0, 0.1) is 22.7 Å². The van der Waals surface area contributed by atoms with Gasteiger partial charge in [-0.2, -0.15) is 10.2 Å². The predicted molar refractivity (Wildman–Crippen MR) is 92.5 cm³/mol. The predicted octanol–water partition coefficient (Wildman–Crippen LogP) is 4.25. The minimum Gasteiger partial charge on any atom is -0.458 e. The molecule has 4 nitrogen and oxygen atoms in total. The van der Waals surface area contributed by atoms with Crippen molar-refractivity contribution in [1.82, 2.24) is 0 Å². The second-order valence-corrected chi connectivity index (χ2v) is 8.26. The molecule has 0 aromatic rings. The van der Waals surface area contributed by atoms with E-state index in [-0.39, 0.29) is 22.8 Å². The molecule has 2 aliphatic carbocycles. The van der Waals surface area contributed by atoms with Crippen molar-refractivity contribution in [2.75, 3.05) is 13.2 Å². The SMILES string of the molecule is C=C1CCC2[C@@](C)(C=CC3N=NC[C@]32C)C1CCC1=CCOC1=O. The molecule has 0 aromatic heterocycles. The van der Waals surface area contributed by atoms with Crippen molar-refractivity contribution in [3.63, 3.8) is 0 Å². The van der Waals surface area contributed by atoms with Gasteiger partial charge < -0.3 is 4.74 Å². The van der Waals surface area contributed by atoms with Crippen LogP contribution in [0.3, 0.4) is 0 Å². The quantitative estimate of drug-likeness (QED) is 0.575. The Morgan fingerprint density at radius 1 is 1.42 bits per heavy atom. The Labute approximate surface area is 143 Å². The third-order valence-electron chi connectivity index (χ3n) is 6.98. The summed E-state index contributed by atoms with van der Waals surface area (Å²) in [7, 11) is 0. The van der Waals surface area contributed by atoms with Gasteiger partial charge in [0.25, 0.3) is 0 Å². The first-order valence-electron chi connectivity index (χ1n) is 9.05. The summed E-state index contributed by atoms with van der Waals surface area (Å²) >= 11 is 0. The van der Waals surface area contributed by atoms with Crippen LogP contribution in [0.25, 0.3) is 0 Å². The molecule has 24 heavy (non-hydrogen) atoms. The average Bonchev–Trinajstić information content (AvgIpc) is 3.11. The lowest BCUT2D eigenvalue weighted by Gasteiger charge is -2.56. The van der Waals surface area contributed by atoms with Crippen molar-refractivity contribution in [1.29, 1.82) is 0 Å². The van der Waals surface area contributed by atoms with Gasteiger partial charge >= 0.3 is 5.97 Å². The molecule has 0 spiro atoms. The number of cyclic esters (lactones) is 1. The van der Waals surface area contributed by atoms with Gasteiger partial charge in [0.2, 0.25) is 0 Å². The Hall–Kier alpha value is -1.71. The summed E-state index contributed by atoms with van der Waals surface area (Å²) < 4.78 is 5.04. The van der Waals surface area contributed by atoms with Gasteiger partial charge in [-0.15, -0.1) is 0 Å². The number of azo groups is 1. The second-order valence-electron chi connectivity index (χ2n) is 8.26. The molecule has 0 N–H and O–H groups in total. The van der Waals surface area contributed by atoms with Gasteiger partial charge in [0, 0.05) is 11.0 Å². The van der Waals surface area contributed by atoms with Crippen LogP contribution >= 0.6 is 0 Å². The van der Waals surface area contributed by atoms with E-state index in [0.29, 0.717) is 18.4 Å². The fourth-order valence-corrected chi connectivity index (χ4v) is 5.56. The maximum atomic E-state index is 11.7. The molecule has 4 aliphatic rings. The smallest absolute Gasteiger partial charge is 0.334 e. The summed E-state index contributed by atoms with van der Waals surface area (Å²) in [5.41, 5.74) is 2.38. The molecular formula is C20H26N2O2. The normalized spacial score (nSPS) is 43.4. The van der Waals surface area contributed by atoms with E-state index < -0.39 is 0 Å². The lowest BCUT2D eigenvalue weighted by Crippen LogP contribution is -2.52. The number of hydrogen-bond donors (Lipinski definition) is 0. The molecule has 1 fully saturated rings. The average molecular weight is 326 g/mol. The van der Waals surface area contributed by atoms with Crippen molar-refractivity contribution in [3.8, 4) is 0 Å². The minimum atomic E-state index is -0.141. The number of ether oxygens (including phenoxy) is 1. The molecule has 0 saturated heterocycles. The number of carbonyl (C=O) groups excluding carboxylic acids is 1. The van der Waals surface area contributed by atoms with Crippen molar-refractivity contribution in [2.24, 2.45) is 32.9 Å². The zero-order valence-corrected chi connectivity index (χ0v) is 14.6. The second kappa shape index (κ2) is 5.40. The molecule has 0 amide bonds. The highest BCUT2D eigenvalue weighted by Crippen LogP contribution is 2.61. The van der Waals surface area contributed by atoms with Gasteiger partial charge in [-0.25, -0.2) is 4.79 Å². The molecule has 0 radical (unpaired) electrons. The third kappa shape index (κ3) is 2.15. The van der Waals surface area contributed by atoms with E-state index in [9.17, 15) is 4.79 Å². The molecule has 2 aliphatic heterocycles. The summed E-state index contributed by atoms with van der Waals surface area (Å²) in [5, 5.41) is 8.83. The third-order valence-corrected chi connectivity index (χ3v) is 6.98. The molecule has 3 unspecified atom stereocenters. The molecule has 0 bridgehead atoms. The number of hydrogen-bond acceptors (Lipinski definition) is 4. The monoisotopic (exact) mass is 326 g/mol. The summed E-state index contributed by atoms with van der Waals surface area (Å²) in [4.78, 5) is 11.7. The van der Waals surface area contributed by atoms with E-state index in [1.54, 1.807) is 0 Å². The molecule has 5 atom stereocenters. The fraction of sp³-hybridized carbons (Fsp3) is 0.650. The van der Waals surface area contributed by atoms with Gasteiger partial charge in [-0.05, 0) is 49.0 Å². The van der Waals surface area contributed by atoms with Crippen molar-refractivity contribution in [2.45, 2.75) is 45.6 Å². The highest BCUT2D eigenvalue weighted by atomic mass is 16.5. The van der Waals surface area contributed by atoms with E-state index in [2.05, 4.69) is 42.8 Å². The van der Waals surface area contributed by atoms with Crippen LogP contribution in [0.4, 0.5) is 0 Å². The first-order valence-corrected chi connectivity index (χ1v) is 9.05. The van der Waals surface area contributed by atoms with Crippen LogP contribution in [0.2, 0.25) is 0 Å². The largest absolute Gasteiger partial charge is 0.458 e. The van der Waals surface area contributed by atoms with E-state index in [1.165, 1.54) is 12.0 Å². The number of rotatable bonds is 3.